The Labute approximate surface area is 68.3 Å². The maximum absolute atomic E-state index is 4.39. The Bertz CT molecular complexity index is 110. The first-order valence-corrected chi connectivity index (χ1v) is 4.98. The summed E-state index contributed by atoms with van der Waals surface area (Å²) in [4.78, 5) is 4.39. The summed E-state index contributed by atoms with van der Waals surface area (Å²) in [6.45, 7) is 7.49. The second-order valence-corrected chi connectivity index (χ2v) is 3.58. The molecule has 1 atom stereocenters. The summed E-state index contributed by atoms with van der Waals surface area (Å²) >= 11 is 1.73. The molecule has 1 unspecified atom stereocenters. The number of aliphatic imine (C=N–C) groups is 1. The van der Waals surface area contributed by atoms with E-state index in [1.165, 1.54) is 11.5 Å². The monoisotopic (exact) mass is 159 g/mol. The second kappa shape index (κ2) is 5.78. The summed E-state index contributed by atoms with van der Waals surface area (Å²) in [7, 11) is 0. The molecular formula is C8H17NS. The molecule has 0 bridgehead atoms. The highest BCUT2D eigenvalue weighted by atomic mass is 32.2. The highest BCUT2D eigenvalue weighted by Crippen LogP contribution is 2.03. The Morgan fingerprint density at radius 2 is 2.20 bits per heavy atom. The van der Waals surface area contributed by atoms with Crippen LogP contribution in [0.5, 0.6) is 0 Å². The zero-order valence-electron chi connectivity index (χ0n) is 7.35. The van der Waals surface area contributed by atoms with Crippen molar-refractivity contribution in [1.29, 1.82) is 0 Å². The van der Waals surface area contributed by atoms with Crippen LogP contribution in [0.4, 0.5) is 0 Å². The highest BCUT2D eigenvalue weighted by Gasteiger charge is 1.95. The molecule has 0 aliphatic rings. The van der Waals surface area contributed by atoms with E-state index < -0.39 is 0 Å². The molecule has 0 saturated carbocycles. The van der Waals surface area contributed by atoms with Gasteiger partial charge in [0.15, 0.2) is 0 Å². The van der Waals surface area contributed by atoms with Gasteiger partial charge in [-0.2, -0.15) is 0 Å². The number of hydrogen-bond donors (Lipinski definition) is 0. The molecule has 0 aromatic carbocycles. The fraction of sp³-hybridized carbons (Fsp3) is 0.875. The molecule has 0 amide bonds. The van der Waals surface area contributed by atoms with E-state index in [4.69, 9.17) is 0 Å². The summed E-state index contributed by atoms with van der Waals surface area (Å²) in [6, 6.07) is 0. The second-order valence-electron chi connectivity index (χ2n) is 2.58. The fourth-order valence-corrected chi connectivity index (χ4v) is 0.682. The van der Waals surface area contributed by atoms with Crippen LogP contribution >= 0.6 is 11.8 Å². The van der Waals surface area contributed by atoms with Crippen molar-refractivity contribution in [1.82, 2.24) is 0 Å². The molecule has 0 rings (SSSR count). The van der Waals surface area contributed by atoms with Gasteiger partial charge in [-0.1, -0.05) is 20.3 Å². The number of nitrogens with zero attached hydrogens (tertiary/aromatic N) is 1. The van der Waals surface area contributed by atoms with Crippen molar-refractivity contribution < 1.29 is 0 Å². The van der Waals surface area contributed by atoms with E-state index in [1.807, 2.05) is 0 Å². The summed E-state index contributed by atoms with van der Waals surface area (Å²) in [5.41, 5.74) is 0. The zero-order chi connectivity index (χ0) is 7.98. The van der Waals surface area contributed by atoms with E-state index in [0.29, 0.717) is 0 Å². The quantitative estimate of drug-likeness (QED) is 0.455. The molecule has 10 heavy (non-hydrogen) atoms. The summed E-state index contributed by atoms with van der Waals surface area (Å²) < 4.78 is 0. The van der Waals surface area contributed by atoms with Crippen molar-refractivity contribution in [2.24, 2.45) is 10.9 Å². The van der Waals surface area contributed by atoms with Crippen LogP contribution in [0, 0.1) is 5.92 Å². The van der Waals surface area contributed by atoms with Crippen molar-refractivity contribution in [2.45, 2.75) is 27.2 Å². The van der Waals surface area contributed by atoms with Crippen molar-refractivity contribution in [3.63, 3.8) is 0 Å². The van der Waals surface area contributed by atoms with E-state index in [2.05, 4.69) is 32.0 Å². The predicted octanol–water partition coefficient (Wildman–Crippen LogP) is 2.81. The van der Waals surface area contributed by atoms with Gasteiger partial charge in [0, 0.05) is 6.54 Å². The normalized spacial score (nSPS) is 15.4. The van der Waals surface area contributed by atoms with Crippen molar-refractivity contribution >= 4 is 16.8 Å². The summed E-state index contributed by atoms with van der Waals surface area (Å²) in [5, 5.41) is 1.19. The molecule has 2 heteroatoms. The first-order valence-electron chi connectivity index (χ1n) is 3.75. The molecule has 0 spiro atoms. The number of thioether (sulfide) groups is 1. The van der Waals surface area contributed by atoms with E-state index in [0.717, 1.165) is 12.5 Å². The topological polar surface area (TPSA) is 12.4 Å². The zero-order valence-corrected chi connectivity index (χ0v) is 8.16. The van der Waals surface area contributed by atoms with Crippen LogP contribution in [-0.2, 0) is 0 Å². The molecule has 0 aliphatic heterocycles. The van der Waals surface area contributed by atoms with Gasteiger partial charge in [-0.25, -0.2) is 0 Å². The van der Waals surface area contributed by atoms with E-state index in [1.54, 1.807) is 11.8 Å². The lowest BCUT2D eigenvalue weighted by Crippen LogP contribution is -1.98. The van der Waals surface area contributed by atoms with Gasteiger partial charge in [-0.3, -0.25) is 4.99 Å². The van der Waals surface area contributed by atoms with Gasteiger partial charge >= 0.3 is 0 Å². The Morgan fingerprint density at radius 3 is 2.60 bits per heavy atom. The first kappa shape index (κ1) is 10.0. The third-order valence-electron chi connectivity index (χ3n) is 1.62. The molecular weight excluding hydrogens is 142 g/mol. The van der Waals surface area contributed by atoms with Gasteiger partial charge in [-0.15, -0.1) is 11.8 Å². The van der Waals surface area contributed by atoms with Crippen molar-refractivity contribution in [3.8, 4) is 0 Å². The van der Waals surface area contributed by atoms with Gasteiger partial charge in [-0.05, 0) is 19.1 Å². The van der Waals surface area contributed by atoms with Crippen LogP contribution < -0.4 is 0 Å². The Kier molecular flexibility index (Phi) is 5.79. The molecule has 0 fully saturated rings. The van der Waals surface area contributed by atoms with E-state index in [-0.39, 0.29) is 0 Å². The fourth-order valence-electron chi connectivity index (χ4n) is 0.478. The van der Waals surface area contributed by atoms with Gasteiger partial charge in [0.1, 0.15) is 0 Å². The standard InChI is InChI=1S/C8H17NS/c1-5-7(2)6-9-8(3)10-4/h7H,5-6H2,1-4H3. The van der Waals surface area contributed by atoms with Gasteiger partial charge in [0.2, 0.25) is 0 Å². The van der Waals surface area contributed by atoms with Crippen LogP contribution in [-0.4, -0.2) is 17.8 Å². The molecule has 0 radical (unpaired) electrons. The average molecular weight is 159 g/mol. The lowest BCUT2D eigenvalue weighted by molar-refractivity contribution is 0.577. The van der Waals surface area contributed by atoms with Crippen LogP contribution in [0.2, 0.25) is 0 Å². The van der Waals surface area contributed by atoms with Gasteiger partial charge < -0.3 is 0 Å². The minimum absolute atomic E-state index is 0.738. The number of rotatable bonds is 3. The Morgan fingerprint density at radius 1 is 1.60 bits per heavy atom. The van der Waals surface area contributed by atoms with Crippen LogP contribution in [0.15, 0.2) is 4.99 Å². The van der Waals surface area contributed by atoms with Crippen LogP contribution in [0.1, 0.15) is 27.2 Å². The molecule has 0 aromatic rings. The van der Waals surface area contributed by atoms with Crippen LogP contribution in [0.3, 0.4) is 0 Å². The Balaban J connectivity index is 3.50. The largest absolute Gasteiger partial charge is 0.283 e. The first-order chi connectivity index (χ1) is 4.70. The molecule has 1 nitrogen and oxygen atoms in total. The molecule has 0 N–H and O–H groups in total. The highest BCUT2D eigenvalue weighted by molar-refractivity contribution is 8.13. The SMILES string of the molecule is CCC(C)CN=C(C)SC. The van der Waals surface area contributed by atoms with Crippen LogP contribution in [0.25, 0.3) is 0 Å². The van der Waals surface area contributed by atoms with Crippen molar-refractivity contribution in [2.75, 3.05) is 12.8 Å². The maximum Gasteiger partial charge on any atom is 0.0642 e. The third-order valence-corrected chi connectivity index (χ3v) is 2.34. The molecule has 0 heterocycles. The lowest BCUT2D eigenvalue weighted by Gasteiger charge is -2.03. The average Bonchev–Trinajstić information content (AvgIpc) is 1.99. The predicted molar refractivity (Wildman–Crippen MR) is 50.9 cm³/mol. The maximum atomic E-state index is 4.39. The van der Waals surface area contributed by atoms with E-state index >= 15 is 0 Å². The lowest BCUT2D eigenvalue weighted by atomic mass is 10.1. The molecule has 60 valence electrons. The number of hydrogen-bond acceptors (Lipinski definition) is 2. The minimum atomic E-state index is 0.738. The van der Waals surface area contributed by atoms with Crippen molar-refractivity contribution in [3.05, 3.63) is 0 Å². The van der Waals surface area contributed by atoms with Gasteiger partial charge in [0.05, 0.1) is 5.04 Å². The minimum Gasteiger partial charge on any atom is -0.283 e. The molecule has 0 saturated heterocycles. The molecule has 0 aromatic heterocycles. The smallest absolute Gasteiger partial charge is 0.0642 e. The Hall–Kier alpha value is 0.0200. The van der Waals surface area contributed by atoms with E-state index in [9.17, 15) is 0 Å². The van der Waals surface area contributed by atoms with Gasteiger partial charge in [0.25, 0.3) is 0 Å². The molecule has 0 aliphatic carbocycles. The summed E-state index contributed by atoms with van der Waals surface area (Å²) in [5.74, 6) is 0.738. The summed E-state index contributed by atoms with van der Waals surface area (Å²) in [6.07, 6.45) is 3.29. The third kappa shape index (κ3) is 4.86.